The zero-order chi connectivity index (χ0) is 33.2. The highest BCUT2D eigenvalue weighted by atomic mass is 19.1. The molecule has 4 rings (SSSR count). The Bertz CT molecular complexity index is 1760. The molecule has 46 heavy (non-hydrogen) atoms. The summed E-state index contributed by atoms with van der Waals surface area (Å²) >= 11 is 0. The third-order valence-corrected chi connectivity index (χ3v) is 6.56. The van der Waals surface area contributed by atoms with Crippen molar-refractivity contribution in [1.82, 2.24) is 35.9 Å². The minimum absolute atomic E-state index is 0.106. The Hall–Kier alpha value is -5.88. The Morgan fingerprint density at radius 3 is 2.61 bits per heavy atom. The highest BCUT2D eigenvalue weighted by Gasteiger charge is 2.31. The van der Waals surface area contributed by atoms with Crippen LogP contribution in [0.2, 0.25) is 0 Å². The lowest BCUT2D eigenvalue weighted by Gasteiger charge is -2.24. The van der Waals surface area contributed by atoms with E-state index in [9.17, 15) is 29.1 Å². The molecule has 15 heteroatoms. The molecule has 2 aromatic heterocycles. The number of allylic oxidation sites excluding steroid dienone is 1. The lowest BCUT2D eigenvalue weighted by molar-refractivity contribution is -0.132. The number of aliphatic hydroxyl groups excluding tert-OH is 1. The van der Waals surface area contributed by atoms with Crippen LogP contribution in [0.15, 0.2) is 65.7 Å². The molecule has 0 aliphatic heterocycles. The number of hydrogen-bond acceptors (Lipinski definition) is 10. The molecule has 4 aromatic rings. The van der Waals surface area contributed by atoms with Crippen LogP contribution in [-0.4, -0.2) is 67.5 Å². The second-order valence-electron chi connectivity index (χ2n) is 10.3. The summed E-state index contributed by atoms with van der Waals surface area (Å²) in [5, 5.41) is 34.9. The normalized spacial score (nSPS) is 13.2. The van der Waals surface area contributed by atoms with Crippen LogP contribution in [0.3, 0.4) is 0 Å². The lowest BCUT2D eigenvalue weighted by atomic mass is 10.1. The standard InChI is InChI=1S/C31H31FN8O6/c1-18-7-8-22(25(32)9-18)14-35-29(42)27(37-31(44)28(20(3)41)38-30(43)26-10-19(2)46-39-26)15-45-24-6-4-5-21(12-24)11-23(13-33)40-17-34-16-36-40/h4-12,16-17,20,27-28,41H,14-15H2,1-3H3,(H,35,42)(H,37,44)(H,38,43)/t20-,27+,28+/m1/s1. The van der Waals surface area contributed by atoms with Gasteiger partial charge >= 0.3 is 0 Å². The Balaban J connectivity index is 1.51. The van der Waals surface area contributed by atoms with E-state index in [1.54, 1.807) is 50.3 Å². The summed E-state index contributed by atoms with van der Waals surface area (Å²) in [5.74, 6) is -2.24. The van der Waals surface area contributed by atoms with Crippen LogP contribution in [0.1, 0.15) is 39.9 Å². The molecule has 14 nitrogen and oxygen atoms in total. The maximum absolute atomic E-state index is 14.4. The SMILES string of the molecule is Cc1ccc(CNC(=O)[C@H](COc2cccc(C=C(C#N)n3cncn3)c2)NC(=O)[C@@H](NC(=O)c2cc(C)on2)[C@@H](C)O)c(F)c1. The Kier molecular flexibility index (Phi) is 10.9. The van der Waals surface area contributed by atoms with Gasteiger partial charge in [0.05, 0.1) is 6.10 Å². The number of rotatable bonds is 13. The number of hydrogen-bond donors (Lipinski definition) is 4. The fourth-order valence-electron chi connectivity index (χ4n) is 4.15. The van der Waals surface area contributed by atoms with Gasteiger partial charge in [-0.25, -0.2) is 14.1 Å². The number of nitrogens with one attached hydrogen (secondary N) is 3. The van der Waals surface area contributed by atoms with Crippen LogP contribution in [0.25, 0.3) is 11.8 Å². The van der Waals surface area contributed by atoms with Crippen LogP contribution in [0.4, 0.5) is 4.39 Å². The number of carbonyl (C=O) groups excluding carboxylic acids is 3. The Labute approximate surface area is 262 Å². The number of aromatic nitrogens is 4. The fraction of sp³-hybridized carbons (Fsp3) is 0.258. The number of nitrogens with zero attached hydrogens (tertiary/aromatic N) is 5. The number of halogens is 1. The van der Waals surface area contributed by atoms with Gasteiger partial charge in [0.2, 0.25) is 11.8 Å². The molecule has 2 heterocycles. The van der Waals surface area contributed by atoms with Crippen LogP contribution < -0.4 is 20.7 Å². The highest BCUT2D eigenvalue weighted by molar-refractivity contribution is 5.97. The second-order valence-corrected chi connectivity index (χ2v) is 10.3. The maximum atomic E-state index is 14.4. The van der Waals surface area contributed by atoms with Crippen molar-refractivity contribution in [3.63, 3.8) is 0 Å². The van der Waals surface area contributed by atoms with E-state index in [0.29, 0.717) is 22.6 Å². The summed E-state index contributed by atoms with van der Waals surface area (Å²) < 4.78 is 26.5. The van der Waals surface area contributed by atoms with E-state index < -0.39 is 48.3 Å². The monoisotopic (exact) mass is 630 g/mol. The van der Waals surface area contributed by atoms with E-state index >= 15 is 0 Å². The summed E-state index contributed by atoms with van der Waals surface area (Å²) in [6, 6.07) is 11.7. The molecule has 0 radical (unpaired) electrons. The van der Waals surface area contributed by atoms with Crippen molar-refractivity contribution in [3.8, 4) is 11.8 Å². The molecule has 3 atom stereocenters. The van der Waals surface area contributed by atoms with Gasteiger partial charge in [-0.1, -0.05) is 29.4 Å². The van der Waals surface area contributed by atoms with Gasteiger partial charge < -0.3 is 30.3 Å². The molecule has 0 spiro atoms. The summed E-state index contributed by atoms with van der Waals surface area (Å²) in [7, 11) is 0. The minimum atomic E-state index is -1.48. The molecule has 0 aliphatic rings. The first-order valence-corrected chi connectivity index (χ1v) is 14.0. The molecule has 3 amide bonds. The van der Waals surface area contributed by atoms with Crippen LogP contribution in [0.5, 0.6) is 5.75 Å². The van der Waals surface area contributed by atoms with Gasteiger partial charge in [-0.2, -0.15) is 10.4 Å². The van der Waals surface area contributed by atoms with E-state index in [-0.39, 0.29) is 23.5 Å². The molecule has 0 unspecified atom stereocenters. The smallest absolute Gasteiger partial charge is 0.274 e. The molecule has 2 aromatic carbocycles. The van der Waals surface area contributed by atoms with Gasteiger partial charge in [0.1, 0.15) is 60.4 Å². The predicted octanol–water partition coefficient (Wildman–Crippen LogP) is 1.90. The van der Waals surface area contributed by atoms with Gasteiger partial charge in [0, 0.05) is 18.2 Å². The van der Waals surface area contributed by atoms with Crippen LogP contribution in [0, 0.1) is 31.0 Å². The van der Waals surface area contributed by atoms with Crippen molar-refractivity contribution in [2.24, 2.45) is 0 Å². The number of aryl methyl sites for hydroxylation is 2. The number of carbonyl (C=O) groups is 3. The van der Waals surface area contributed by atoms with E-state index in [4.69, 9.17) is 9.26 Å². The summed E-state index contributed by atoms with van der Waals surface area (Å²) in [6.45, 7) is 4.03. The van der Waals surface area contributed by atoms with Crippen molar-refractivity contribution in [2.75, 3.05) is 6.61 Å². The van der Waals surface area contributed by atoms with Gasteiger partial charge in [-0.15, -0.1) is 0 Å². The van der Waals surface area contributed by atoms with Gasteiger partial charge in [-0.05, 0) is 56.2 Å². The van der Waals surface area contributed by atoms with Crippen molar-refractivity contribution in [3.05, 3.63) is 95.1 Å². The number of aliphatic hydroxyl groups is 1. The molecular formula is C31H31FN8O6. The first-order chi connectivity index (χ1) is 22.0. The minimum Gasteiger partial charge on any atom is -0.491 e. The van der Waals surface area contributed by atoms with E-state index in [1.807, 2.05) is 6.07 Å². The fourth-order valence-corrected chi connectivity index (χ4v) is 4.15. The van der Waals surface area contributed by atoms with Crippen molar-refractivity contribution >= 4 is 29.5 Å². The molecule has 0 saturated carbocycles. The quantitative estimate of drug-likeness (QED) is 0.158. The molecule has 0 bridgehead atoms. The Morgan fingerprint density at radius 1 is 1.15 bits per heavy atom. The number of amides is 3. The second kappa shape index (κ2) is 15.2. The van der Waals surface area contributed by atoms with Crippen molar-refractivity contribution < 1.29 is 33.1 Å². The number of nitriles is 1. The lowest BCUT2D eigenvalue weighted by Crippen LogP contribution is -2.58. The van der Waals surface area contributed by atoms with Gasteiger partial charge in [-0.3, -0.25) is 14.4 Å². The predicted molar refractivity (Wildman–Crippen MR) is 161 cm³/mol. The summed E-state index contributed by atoms with van der Waals surface area (Å²) in [4.78, 5) is 43.1. The third kappa shape index (κ3) is 8.83. The average molecular weight is 631 g/mol. The molecule has 0 aliphatic carbocycles. The molecule has 0 saturated heterocycles. The average Bonchev–Trinajstić information content (AvgIpc) is 3.72. The van der Waals surface area contributed by atoms with Crippen molar-refractivity contribution in [1.29, 1.82) is 5.26 Å². The van der Waals surface area contributed by atoms with Crippen LogP contribution in [-0.2, 0) is 16.1 Å². The van der Waals surface area contributed by atoms with E-state index in [2.05, 4.69) is 31.2 Å². The van der Waals surface area contributed by atoms with E-state index in [1.165, 1.54) is 42.5 Å². The first kappa shape index (κ1) is 33.0. The Morgan fingerprint density at radius 2 is 1.96 bits per heavy atom. The molecular weight excluding hydrogens is 599 g/mol. The zero-order valence-electron chi connectivity index (χ0n) is 25.1. The first-order valence-electron chi connectivity index (χ1n) is 14.0. The van der Waals surface area contributed by atoms with Gasteiger partial charge in [0.25, 0.3) is 5.91 Å². The zero-order valence-corrected chi connectivity index (χ0v) is 25.1. The third-order valence-electron chi connectivity index (χ3n) is 6.56. The summed E-state index contributed by atoms with van der Waals surface area (Å²) in [6.07, 6.45) is 2.85. The molecule has 4 N–H and O–H groups in total. The van der Waals surface area contributed by atoms with Gasteiger partial charge in [0.15, 0.2) is 5.69 Å². The van der Waals surface area contributed by atoms with Crippen molar-refractivity contribution in [2.45, 2.75) is 45.5 Å². The maximum Gasteiger partial charge on any atom is 0.274 e. The highest BCUT2D eigenvalue weighted by Crippen LogP contribution is 2.18. The number of benzene rings is 2. The largest absolute Gasteiger partial charge is 0.491 e. The van der Waals surface area contributed by atoms with Crippen LogP contribution >= 0.6 is 0 Å². The molecule has 0 fully saturated rings. The topological polar surface area (TPSA) is 197 Å². The van der Waals surface area contributed by atoms with E-state index in [0.717, 1.165) is 0 Å². The summed E-state index contributed by atoms with van der Waals surface area (Å²) in [5.41, 5.74) is 1.59. The number of ether oxygens (including phenoxy) is 1. The molecule has 238 valence electrons.